The third-order valence-corrected chi connectivity index (χ3v) is 5.27. The number of amides is 1. The third kappa shape index (κ3) is 4.78. The minimum Gasteiger partial charge on any atom is -0.490 e. The molecule has 6 heteroatoms. The van der Waals surface area contributed by atoms with E-state index in [1.54, 1.807) is 47.4 Å². The van der Waals surface area contributed by atoms with E-state index in [2.05, 4.69) is 0 Å². The molecular weight excluding hydrogens is 416 g/mol. The van der Waals surface area contributed by atoms with Gasteiger partial charge in [-0.3, -0.25) is 4.79 Å². The van der Waals surface area contributed by atoms with Gasteiger partial charge in [-0.15, -0.1) is 0 Å². The largest absolute Gasteiger partial charge is 0.490 e. The molecule has 0 saturated carbocycles. The minimum absolute atomic E-state index is 0.0168. The lowest BCUT2D eigenvalue weighted by Crippen LogP contribution is -2.29. The van der Waals surface area contributed by atoms with Crippen LogP contribution in [0, 0.1) is 11.3 Å². The molecule has 3 aromatic rings. The number of anilines is 1. The molecule has 1 aliphatic heterocycles. The van der Waals surface area contributed by atoms with Gasteiger partial charge in [-0.1, -0.05) is 42.5 Å². The zero-order chi connectivity index (χ0) is 23.2. The maximum atomic E-state index is 13.1. The number of carbonyl (C=O) groups excluding carboxylic acids is 2. The number of esters is 1. The maximum Gasteiger partial charge on any atom is 0.343 e. The Morgan fingerprint density at radius 3 is 2.55 bits per heavy atom. The predicted molar refractivity (Wildman–Crippen MR) is 125 cm³/mol. The highest BCUT2D eigenvalue weighted by Gasteiger charge is 2.26. The summed E-state index contributed by atoms with van der Waals surface area (Å²) in [4.78, 5) is 27.1. The number of hydrogen-bond acceptors (Lipinski definition) is 5. The van der Waals surface area contributed by atoms with Crippen molar-refractivity contribution in [3.8, 4) is 17.6 Å². The number of carbonyl (C=O) groups is 2. The van der Waals surface area contributed by atoms with Gasteiger partial charge in [0.15, 0.2) is 11.5 Å². The molecule has 0 bridgehead atoms. The van der Waals surface area contributed by atoms with Crippen molar-refractivity contribution in [2.45, 2.75) is 13.3 Å². The van der Waals surface area contributed by atoms with Crippen molar-refractivity contribution >= 4 is 23.6 Å². The minimum atomic E-state index is -0.500. The van der Waals surface area contributed by atoms with Gasteiger partial charge in [0.25, 0.3) is 5.91 Å². The zero-order valence-corrected chi connectivity index (χ0v) is 18.2. The van der Waals surface area contributed by atoms with E-state index in [0.717, 1.165) is 17.7 Å². The van der Waals surface area contributed by atoms with Gasteiger partial charge in [0.1, 0.15) is 11.6 Å². The predicted octanol–water partition coefficient (Wildman–Crippen LogP) is 4.80. The van der Waals surface area contributed by atoms with Crippen molar-refractivity contribution in [1.29, 1.82) is 5.26 Å². The Kier molecular flexibility index (Phi) is 6.51. The maximum absolute atomic E-state index is 13.1. The molecule has 0 spiro atoms. The topological polar surface area (TPSA) is 79.6 Å². The van der Waals surface area contributed by atoms with Crippen LogP contribution in [0.25, 0.3) is 6.08 Å². The average molecular weight is 438 g/mol. The Morgan fingerprint density at radius 2 is 1.79 bits per heavy atom. The van der Waals surface area contributed by atoms with Crippen molar-refractivity contribution in [2.24, 2.45) is 0 Å². The first kappa shape index (κ1) is 21.8. The fraction of sp³-hybridized carbons (Fsp3) is 0.148. The lowest BCUT2D eigenvalue weighted by atomic mass is 10.1. The SMILES string of the molecule is CCOc1cc(C=C(C#N)C(=O)N2CCc3ccccc32)ccc1OC(=O)c1ccccc1. The van der Waals surface area contributed by atoms with Gasteiger partial charge in [-0.25, -0.2) is 4.79 Å². The molecule has 1 heterocycles. The molecule has 1 aliphatic rings. The van der Waals surface area contributed by atoms with Crippen LogP contribution in [0.1, 0.15) is 28.4 Å². The summed E-state index contributed by atoms with van der Waals surface area (Å²) in [5, 5.41) is 9.67. The monoisotopic (exact) mass is 438 g/mol. The Morgan fingerprint density at radius 1 is 1.03 bits per heavy atom. The summed E-state index contributed by atoms with van der Waals surface area (Å²) in [7, 11) is 0. The summed E-state index contributed by atoms with van der Waals surface area (Å²) in [5.41, 5.74) is 2.96. The molecule has 33 heavy (non-hydrogen) atoms. The second kappa shape index (κ2) is 9.84. The zero-order valence-electron chi connectivity index (χ0n) is 18.2. The summed E-state index contributed by atoms with van der Waals surface area (Å²) < 4.78 is 11.2. The molecule has 0 N–H and O–H groups in total. The second-order valence-electron chi connectivity index (χ2n) is 7.40. The van der Waals surface area contributed by atoms with Gasteiger partial charge in [0.05, 0.1) is 12.2 Å². The van der Waals surface area contributed by atoms with Crippen LogP contribution in [-0.2, 0) is 11.2 Å². The Balaban J connectivity index is 1.59. The molecular formula is C27H22N2O4. The van der Waals surface area contributed by atoms with Crippen LogP contribution in [0.4, 0.5) is 5.69 Å². The number of nitrogens with zero attached hydrogens (tertiary/aromatic N) is 2. The summed E-state index contributed by atoms with van der Waals surface area (Å²) in [5.74, 6) is -0.228. The van der Waals surface area contributed by atoms with Crippen LogP contribution >= 0.6 is 0 Å². The van der Waals surface area contributed by atoms with Gasteiger partial charge in [0.2, 0.25) is 0 Å². The van der Waals surface area contributed by atoms with Crippen LogP contribution < -0.4 is 14.4 Å². The van der Waals surface area contributed by atoms with E-state index < -0.39 is 5.97 Å². The number of ether oxygens (including phenoxy) is 2. The molecule has 0 atom stereocenters. The third-order valence-electron chi connectivity index (χ3n) is 5.27. The van der Waals surface area contributed by atoms with E-state index in [-0.39, 0.29) is 17.2 Å². The Bertz CT molecular complexity index is 1260. The molecule has 0 saturated heterocycles. The van der Waals surface area contributed by atoms with Crippen LogP contribution in [0.3, 0.4) is 0 Å². The summed E-state index contributed by atoms with van der Waals surface area (Å²) in [6.45, 7) is 2.72. The quantitative estimate of drug-likeness (QED) is 0.239. The molecule has 4 rings (SSSR count). The molecule has 3 aromatic carbocycles. The smallest absolute Gasteiger partial charge is 0.343 e. The highest BCUT2D eigenvalue weighted by molar-refractivity contribution is 6.12. The molecule has 6 nitrogen and oxygen atoms in total. The van der Waals surface area contributed by atoms with Crippen LogP contribution in [0.15, 0.2) is 78.4 Å². The molecule has 0 aliphatic carbocycles. The Labute approximate surface area is 192 Å². The first-order valence-corrected chi connectivity index (χ1v) is 10.7. The number of hydrogen-bond donors (Lipinski definition) is 0. The van der Waals surface area contributed by atoms with E-state index in [4.69, 9.17) is 9.47 Å². The van der Waals surface area contributed by atoms with Crippen molar-refractivity contribution in [3.05, 3.63) is 95.1 Å². The van der Waals surface area contributed by atoms with Gasteiger partial charge in [-0.05, 0) is 60.9 Å². The lowest BCUT2D eigenvalue weighted by molar-refractivity contribution is -0.114. The molecule has 0 aromatic heterocycles. The normalized spacial score (nSPS) is 12.6. The first-order valence-electron chi connectivity index (χ1n) is 10.7. The van der Waals surface area contributed by atoms with Crippen molar-refractivity contribution in [1.82, 2.24) is 0 Å². The lowest BCUT2D eigenvalue weighted by Gasteiger charge is -2.16. The van der Waals surface area contributed by atoms with E-state index >= 15 is 0 Å². The van der Waals surface area contributed by atoms with Gasteiger partial charge < -0.3 is 14.4 Å². The fourth-order valence-electron chi connectivity index (χ4n) is 3.70. The number of fused-ring (bicyclic) bond motifs is 1. The summed E-state index contributed by atoms with van der Waals surface area (Å²) in [6, 6.07) is 23.3. The standard InChI is InChI=1S/C27H22N2O4/c1-2-32-25-17-19(12-13-24(25)33-27(31)21-9-4-3-5-10-21)16-22(18-28)26(30)29-15-14-20-8-6-7-11-23(20)29/h3-13,16-17H,2,14-15H2,1H3. The van der Waals surface area contributed by atoms with Crippen LogP contribution in [0.5, 0.6) is 11.5 Å². The van der Waals surface area contributed by atoms with Crippen molar-refractivity contribution < 1.29 is 19.1 Å². The molecule has 0 unspecified atom stereocenters. The van der Waals surface area contributed by atoms with Gasteiger partial charge in [0, 0.05) is 12.2 Å². The van der Waals surface area contributed by atoms with Gasteiger partial charge in [-0.2, -0.15) is 5.26 Å². The fourth-order valence-corrected chi connectivity index (χ4v) is 3.70. The highest BCUT2D eigenvalue weighted by Crippen LogP contribution is 2.32. The van der Waals surface area contributed by atoms with Crippen LogP contribution in [-0.4, -0.2) is 25.0 Å². The second-order valence-corrected chi connectivity index (χ2v) is 7.40. The average Bonchev–Trinajstić information content (AvgIpc) is 3.28. The Hall–Kier alpha value is -4.37. The number of rotatable bonds is 6. The van der Waals surface area contributed by atoms with Gasteiger partial charge >= 0.3 is 5.97 Å². The molecule has 164 valence electrons. The number of nitriles is 1. The highest BCUT2D eigenvalue weighted by atomic mass is 16.6. The van der Waals surface area contributed by atoms with E-state index in [9.17, 15) is 14.9 Å². The number of para-hydroxylation sites is 1. The van der Waals surface area contributed by atoms with E-state index in [1.165, 1.54) is 6.08 Å². The van der Waals surface area contributed by atoms with Crippen LogP contribution in [0.2, 0.25) is 0 Å². The van der Waals surface area contributed by atoms with E-state index in [1.807, 2.05) is 43.3 Å². The molecule has 1 amide bonds. The number of benzene rings is 3. The van der Waals surface area contributed by atoms with E-state index in [0.29, 0.717) is 30.0 Å². The van der Waals surface area contributed by atoms with Crippen molar-refractivity contribution in [2.75, 3.05) is 18.1 Å². The first-order chi connectivity index (χ1) is 16.1. The van der Waals surface area contributed by atoms with Crippen molar-refractivity contribution in [3.63, 3.8) is 0 Å². The summed E-state index contributed by atoms with van der Waals surface area (Å²) >= 11 is 0. The molecule has 0 radical (unpaired) electrons. The summed E-state index contributed by atoms with van der Waals surface area (Å²) in [6.07, 6.45) is 2.28. The molecule has 0 fully saturated rings.